The third-order valence-electron chi connectivity index (χ3n) is 2.86. The Morgan fingerprint density at radius 3 is 2.45 bits per heavy atom. The fraction of sp³-hybridized carbons (Fsp3) is 0.0714. The lowest BCUT2D eigenvalue weighted by molar-refractivity contribution is -0.384. The first-order chi connectivity index (χ1) is 10.4. The van der Waals surface area contributed by atoms with Crippen molar-refractivity contribution in [3.63, 3.8) is 0 Å². The van der Waals surface area contributed by atoms with Crippen LogP contribution in [0.2, 0.25) is 10.0 Å². The van der Waals surface area contributed by atoms with E-state index >= 15 is 0 Å². The second kappa shape index (κ2) is 6.91. The number of nitro groups is 1. The van der Waals surface area contributed by atoms with E-state index in [9.17, 15) is 10.1 Å². The van der Waals surface area contributed by atoms with Gasteiger partial charge in [-0.25, -0.2) is 0 Å². The predicted octanol–water partition coefficient (Wildman–Crippen LogP) is 5.02. The highest BCUT2D eigenvalue weighted by atomic mass is 35.5. The van der Waals surface area contributed by atoms with Crippen LogP contribution in [0.4, 0.5) is 17.1 Å². The highest BCUT2D eigenvalue weighted by Crippen LogP contribution is 2.26. The number of anilines is 2. The molecular weight excluding hydrogens is 345 g/mol. The zero-order valence-corrected chi connectivity index (χ0v) is 13.7. The lowest BCUT2D eigenvalue weighted by Gasteiger charge is -2.13. The van der Waals surface area contributed by atoms with Crippen molar-refractivity contribution in [2.24, 2.45) is 0 Å². The van der Waals surface area contributed by atoms with Crippen molar-refractivity contribution in [2.45, 2.75) is 6.92 Å². The molecule has 114 valence electrons. The van der Waals surface area contributed by atoms with Crippen molar-refractivity contribution in [3.05, 3.63) is 62.1 Å². The van der Waals surface area contributed by atoms with Crippen LogP contribution >= 0.6 is 35.4 Å². The van der Waals surface area contributed by atoms with Gasteiger partial charge in [0.1, 0.15) is 0 Å². The lowest BCUT2D eigenvalue weighted by Crippen LogP contribution is -2.19. The van der Waals surface area contributed by atoms with E-state index in [1.54, 1.807) is 24.3 Å². The van der Waals surface area contributed by atoms with Crippen molar-refractivity contribution < 1.29 is 4.92 Å². The van der Waals surface area contributed by atoms with Crippen LogP contribution in [0.25, 0.3) is 0 Å². The zero-order chi connectivity index (χ0) is 16.3. The van der Waals surface area contributed by atoms with E-state index in [1.165, 1.54) is 12.1 Å². The number of nitrogens with one attached hydrogen (secondary N) is 2. The maximum atomic E-state index is 10.8. The second-order valence-electron chi connectivity index (χ2n) is 4.46. The number of benzene rings is 2. The number of halogens is 2. The van der Waals surface area contributed by atoms with Crippen LogP contribution in [-0.4, -0.2) is 10.0 Å². The molecule has 2 N–H and O–H groups in total. The van der Waals surface area contributed by atoms with Crippen molar-refractivity contribution in [2.75, 3.05) is 10.6 Å². The minimum atomic E-state index is -0.461. The molecule has 0 aliphatic rings. The summed E-state index contributed by atoms with van der Waals surface area (Å²) in [4.78, 5) is 10.4. The second-order valence-corrected chi connectivity index (χ2v) is 5.71. The Bertz CT molecular complexity index is 753. The quantitative estimate of drug-likeness (QED) is 0.459. The average Bonchev–Trinajstić information content (AvgIpc) is 2.44. The van der Waals surface area contributed by atoms with E-state index in [0.717, 1.165) is 5.56 Å². The molecule has 0 aromatic heterocycles. The van der Waals surface area contributed by atoms with Crippen LogP contribution in [0.1, 0.15) is 5.56 Å². The molecule has 0 bridgehead atoms. The molecule has 2 aromatic rings. The molecule has 0 radical (unpaired) electrons. The van der Waals surface area contributed by atoms with E-state index in [2.05, 4.69) is 10.6 Å². The smallest absolute Gasteiger partial charge is 0.271 e. The summed E-state index contributed by atoms with van der Waals surface area (Å²) in [5.41, 5.74) is 1.96. The van der Waals surface area contributed by atoms with Gasteiger partial charge < -0.3 is 10.6 Å². The Kier molecular flexibility index (Phi) is 5.18. The summed E-state index contributed by atoms with van der Waals surface area (Å²) in [6.07, 6.45) is 0. The number of rotatable bonds is 3. The zero-order valence-electron chi connectivity index (χ0n) is 11.4. The van der Waals surface area contributed by atoms with Crippen molar-refractivity contribution in [3.8, 4) is 0 Å². The standard InChI is InChI=1S/C14H11Cl2N3O2S/c1-8-2-4-10(19(20)21)7-13(8)18-14(22)17-12-5-3-9(15)6-11(12)16/h2-7H,1H3,(H2,17,18,22). The Morgan fingerprint density at radius 1 is 1.14 bits per heavy atom. The number of aryl methyl sites for hydroxylation is 1. The van der Waals surface area contributed by atoms with Crippen molar-refractivity contribution >= 4 is 57.6 Å². The molecule has 0 heterocycles. The molecule has 0 aliphatic carbocycles. The van der Waals surface area contributed by atoms with Crippen molar-refractivity contribution in [1.82, 2.24) is 0 Å². The van der Waals surface area contributed by atoms with E-state index in [0.29, 0.717) is 21.4 Å². The van der Waals surface area contributed by atoms with Gasteiger partial charge in [-0.3, -0.25) is 10.1 Å². The maximum Gasteiger partial charge on any atom is 0.271 e. The van der Waals surface area contributed by atoms with Crippen LogP contribution in [-0.2, 0) is 0 Å². The molecule has 2 rings (SSSR count). The maximum absolute atomic E-state index is 10.8. The summed E-state index contributed by atoms with van der Waals surface area (Å²) in [6.45, 7) is 1.82. The van der Waals surface area contributed by atoms with Gasteiger partial charge in [0, 0.05) is 22.8 Å². The Balaban J connectivity index is 2.15. The van der Waals surface area contributed by atoms with Gasteiger partial charge in [-0.05, 0) is 42.9 Å². The first-order valence-electron chi connectivity index (χ1n) is 6.15. The molecule has 0 saturated heterocycles. The first-order valence-corrected chi connectivity index (χ1v) is 7.31. The molecule has 5 nitrogen and oxygen atoms in total. The molecule has 8 heteroatoms. The molecule has 22 heavy (non-hydrogen) atoms. The Hall–Kier alpha value is -1.89. The van der Waals surface area contributed by atoms with Gasteiger partial charge in [0.2, 0.25) is 0 Å². The normalized spacial score (nSPS) is 10.1. The summed E-state index contributed by atoms with van der Waals surface area (Å²) in [5.74, 6) is 0. The minimum absolute atomic E-state index is 0.0135. The van der Waals surface area contributed by atoms with Crippen LogP contribution in [0, 0.1) is 17.0 Å². The fourth-order valence-electron chi connectivity index (χ4n) is 1.72. The summed E-state index contributed by atoms with van der Waals surface area (Å²) in [5, 5.41) is 17.9. The van der Waals surface area contributed by atoms with E-state index < -0.39 is 4.92 Å². The van der Waals surface area contributed by atoms with Gasteiger partial charge in [0.05, 0.1) is 15.6 Å². The topological polar surface area (TPSA) is 67.2 Å². The third-order valence-corrected chi connectivity index (χ3v) is 3.61. The van der Waals surface area contributed by atoms with Crippen LogP contribution in [0.3, 0.4) is 0 Å². The molecule has 0 atom stereocenters. The number of hydrogen-bond donors (Lipinski definition) is 2. The number of nitrogens with zero attached hydrogens (tertiary/aromatic N) is 1. The average molecular weight is 356 g/mol. The third kappa shape index (κ3) is 4.07. The summed E-state index contributed by atoms with van der Waals surface area (Å²) in [6, 6.07) is 9.47. The minimum Gasteiger partial charge on any atom is -0.332 e. The molecule has 0 unspecified atom stereocenters. The van der Waals surface area contributed by atoms with Crippen molar-refractivity contribution in [1.29, 1.82) is 0 Å². The number of hydrogen-bond acceptors (Lipinski definition) is 3. The lowest BCUT2D eigenvalue weighted by atomic mass is 10.2. The summed E-state index contributed by atoms with van der Waals surface area (Å²) in [7, 11) is 0. The SMILES string of the molecule is Cc1ccc([N+](=O)[O-])cc1NC(=S)Nc1ccc(Cl)cc1Cl. The van der Waals surface area contributed by atoms with Gasteiger partial charge in [-0.2, -0.15) is 0 Å². The molecule has 0 fully saturated rings. The monoisotopic (exact) mass is 355 g/mol. The number of thiocarbonyl (C=S) groups is 1. The number of nitro benzene ring substituents is 1. The van der Waals surface area contributed by atoms with Gasteiger partial charge in [0.15, 0.2) is 5.11 Å². The Morgan fingerprint density at radius 2 is 1.82 bits per heavy atom. The van der Waals surface area contributed by atoms with Crippen LogP contribution in [0.5, 0.6) is 0 Å². The highest BCUT2D eigenvalue weighted by molar-refractivity contribution is 7.80. The molecule has 0 aliphatic heterocycles. The largest absolute Gasteiger partial charge is 0.332 e. The van der Waals surface area contributed by atoms with Gasteiger partial charge in [-0.15, -0.1) is 0 Å². The van der Waals surface area contributed by atoms with E-state index in [1.807, 2.05) is 6.92 Å². The van der Waals surface area contributed by atoms with Gasteiger partial charge in [-0.1, -0.05) is 29.3 Å². The van der Waals surface area contributed by atoms with Crippen LogP contribution in [0.15, 0.2) is 36.4 Å². The van der Waals surface area contributed by atoms with E-state index in [4.69, 9.17) is 35.4 Å². The molecule has 0 amide bonds. The summed E-state index contributed by atoms with van der Waals surface area (Å²) < 4.78 is 0. The Labute approximate surface area is 142 Å². The fourth-order valence-corrected chi connectivity index (χ4v) is 2.40. The molecular formula is C14H11Cl2N3O2S. The van der Waals surface area contributed by atoms with Gasteiger partial charge in [0.25, 0.3) is 5.69 Å². The highest BCUT2D eigenvalue weighted by Gasteiger charge is 2.10. The number of non-ortho nitro benzene ring substituents is 1. The molecule has 0 spiro atoms. The van der Waals surface area contributed by atoms with E-state index in [-0.39, 0.29) is 10.8 Å². The summed E-state index contributed by atoms with van der Waals surface area (Å²) >= 11 is 17.1. The van der Waals surface area contributed by atoms with Gasteiger partial charge >= 0.3 is 0 Å². The molecule has 0 saturated carbocycles. The first kappa shape index (κ1) is 16.5. The van der Waals surface area contributed by atoms with Crippen LogP contribution < -0.4 is 10.6 Å². The predicted molar refractivity (Wildman–Crippen MR) is 94.1 cm³/mol. The molecule has 2 aromatic carbocycles.